The highest BCUT2D eigenvalue weighted by atomic mass is 32.1. The van der Waals surface area contributed by atoms with Crippen molar-refractivity contribution in [1.29, 1.82) is 10.5 Å². The highest BCUT2D eigenvalue weighted by Crippen LogP contribution is 2.52. The topological polar surface area (TPSA) is 67.3 Å². The van der Waals surface area contributed by atoms with E-state index >= 15 is 0 Å². The van der Waals surface area contributed by atoms with Gasteiger partial charge in [0.15, 0.2) is 0 Å². The van der Waals surface area contributed by atoms with E-state index in [4.69, 9.17) is 0 Å². The van der Waals surface area contributed by atoms with E-state index in [-0.39, 0.29) is 0 Å². The second kappa shape index (κ2) is 16.7. The van der Waals surface area contributed by atoms with Crippen molar-refractivity contribution in [3.8, 4) is 46.0 Å². The Kier molecular flexibility index (Phi) is 9.25. The molecule has 0 spiro atoms. The van der Waals surface area contributed by atoms with Gasteiger partial charge in [0.05, 0.1) is 71.6 Å². The van der Waals surface area contributed by atoms with Crippen molar-refractivity contribution in [1.82, 2.24) is 18.3 Å². The maximum Gasteiger partial charge on any atom is 0.104 e. The largest absolute Gasteiger partial charge is 0.306 e. The predicted molar refractivity (Wildman–Crippen MR) is 334 cm³/mol. The average molecular weight is 1040 g/mol. The fraction of sp³-hybridized carbons (Fsp3) is 0.0137. The molecule has 6 nitrogen and oxygen atoms in total. The maximum atomic E-state index is 13.0. The van der Waals surface area contributed by atoms with Gasteiger partial charge in [0.25, 0.3) is 0 Å². The first-order valence-electron chi connectivity index (χ1n) is 27.0. The van der Waals surface area contributed by atoms with Crippen LogP contribution in [0.4, 0.5) is 0 Å². The van der Waals surface area contributed by atoms with Gasteiger partial charge in [-0.1, -0.05) is 188 Å². The summed E-state index contributed by atoms with van der Waals surface area (Å²) in [7, 11) is 0. The molecule has 0 fully saturated rings. The summed E-state index contributed by atoms with van der Waals surface area (Å²) in [5.41, 5.74) is 14.2. The van der Waals surface area contributed by atoms with Gasteiger partial charge in [0, 0.05) is 58.6 Å². The van der Waals surface area contributed by atoms with Crippen LogP contribution in [0.1, 0.15) is 16.7 Å². The third kappa shape index (κ3) is 5.83. The van der Waals surface area contributed by atoms with Gasteiger partial charge in [0.2, 0.25) is 0 Å². The van der Waals surface area contributed by atoms with Crippen LogP contribution in [0.3, 0.4) is 0 Å². The van der Waals surface area contributed by atoms with Crippen LogP contribution in [-0.4, -0.2) is 18.3 Å². The summed E-state index contributed by atoms with van der Waals surface area (Å²) < 4.78 is 11.5. The molecule has 0 amide bonds. The molecule has 0 aliphatic heterocycles. The zero-order valence-corrected chi connectivity index (χ0v) is 43.9. The normalized spacial score (nSPS) is 12.0. The summed E-state index contributed by atoms with van der Waals surface area (Å²) in [6.45, 7) is 2.21. The van der Waals surface area contributed by atoms with Gasteiger partial charge in [-0.15, -0.1) is 11.3 Å². The summed E-state index contributed by atoms with van der Waals surface area (Å²) in [4.78, 5) is 0. The minimum atomic E-state index is 0.424. The molecule has 80 heavy (non-hydrogen) atoms. The van der Waals surface area contributed by atoms with E-state index in [0.29, 0.717) is 33.9 Å². The lowest BCUT2D eigenvalue weighted by Gasteiger charge is -2.27. The summed E-state index contributed by atoms with van der Waals surface area (Å²) in [5.74, 6) is 0. The van der Waals surface area contributed by atoms with E-state index in [1.807, 2.05) is 0 Å². The number of aromatic nitrogens is 4. The van der Waals surface area contributed by atoms with Crippen molar-refractivity contribution in [3.63, 3.8) is 0 Å². The Hall–Kier alpha value is -10.7. The van der Waals surface area contributed by atoms with Crippen molar-refractivity contribution in [2.75, 3.05) is 0 Å². The molecular weight excluding hydrogens is 993 g/mol. The van der Waals surface area contributed by atoms with Gasteiger partial charge in [-0.05, 0) is 82.9 Å². The Balaban J connectivity index is 1.20. The number of nitrogens with zero attached hydrogens (tertiary/aromatic N) is 6. The molecule has 0 unspecified atom stereocenters. The number of hydrogen-bond donors (Lipinski definition) is 0. The average Bonchev–Trinajstić information content (AvgIpc) is 3.67. The van der Waals surface area contributed by atoms with Gasteiger partial charge >= 0.3 is 0 Å². The highest BCUT2D eigenvalue weighted by molar-refractivity contribution is 7.26. The number of para-hydroxylation sites is 6. The van der Waals surface area contributed by atoms with Crippen LogP contribution in [0.5, 0.6) is 0 Å². The molecule has 370 valence electrons. The van der Waals surface area contributed by atoms with Crippen LogP contribution in [0.25, 0.3) is 152 Å². The molecule has 0 aliphatic rings. The first kappa shape index (κ1) is 44.4. The zero-order chi connectivity index (χ0) is 52.9. The Morgan fingerprint density at radius 2 is 0.713 bits per heavy atom. The third-order valence-corrected chi connectivity index (χ3v) is 18.2. The number of nitriles is 2. The summed E-state index contributed by atoms with van der Waals surface area (Å²) in [6, 6.07) is 89.9. The molecule has 7 heteroatoms. The Morgan fingerprint density at radius 1 is 0.325 bits per heavy atom. The monoisotopic (exact) mass is 1030 g/mol. The van der Waals surface area contributed by atoms with Crippen molar-refractivity contribution in [2.24, 2.45) is 0 Å². The first-order chi connectivity index (χ1) is 39.6. The molecule has 12 aromatic carbocycles. The third-order valence-electron chi connectivity index (χ3n) is 17.0. The molecule has 0 saturated heterocycles. The zero-order valence-electron chi connectivity index (χ0n) is 43.1. The second-order valence-corrected chi connectivity index (χ2v) is 22.0. The number of benzene rings is 12. The predicted octanol–water partition coefficient (Wildman–Crippen LogP) is 19.3. The quantitative estimate of drug-likeness (QED) is 0.172. The standard InChI is InChI=1S/C73H42N6S/c1-43-37-38-44-19-2-3-20-45(44)66(43)54-28-18-35-64-67(54)55-40-39-53-52-27-10-17-36-65(52)80-73(53)72(55)79(64)71-57(42-75)69(77-60-31-13-6-23-48(60)49-24-7-14-32-61(49)77)68(76-58-29-11-4-21-46(58)47-22-5-12-30-59(47)76)56(41-74)70(71)78-62-33-15-8-25-50(62)51-26-9-16-34-63(51)78/h2-40H,1H3. The number of rotatable bonds is 5. The Labute approximate surface area is 461 Å². The first-order valence-corrected chi connectivity index (χ1v) is 27.8. The fourth-order valence-electron chi connectivity index (χ4n) is 13.8. The molecule has 0 saturated carbocycles. The van der Waals surface area contributed by atoms with Crippen LogP contribution < -0.4 is 0 Å². The van der Waals surface area contributed by atoms with E-state index < -0.39 is 0 Å². The van der Waals surface area contributed by atoms with Gasteiger partial charge in [-0.25, -0.2) is 0 Å². The number of thiophene rings is 1. The second-order valence-electron chi connectivity index (χ2n) is 20.9. The molecule has 0 bridgehead atoms. The van der Waals surface area contributed by atoms with Crippen LogP contribution in [-0.2, 0) is 0 Å². The van der Waals surface area contributed by atoms with Crippen LogP contribution >= 0.6 is 11.3 Å². The minimum absolute atomic E-state index is 0.424. The maximum absolute atomic E-state index is 13.0. The lowest BCUT2D eigenvalue weighted by Crippen LogP contribution is -2.16. The molecule has 17 aromatic rings. The summed E-state index contributed by atoms with van der Waals surface area (Å²) in [5, 5.41) is 38.9. The van der Waals surface area contributed by atoms with E-state index in [0.717, 1.165) is 114 Å². The molecule has 17 rings (SSSR count). The Bertz CT molecular complexity index is 5500. The highest BCUT2D eigenvalue weighted by Gasteiger charge is 2.35. The summed E-state index contributed by atoms with van der Waals surface area (Å²) in [6.07, 6.45) is 0. The van der Waals surface area contributed by atoms with Crippen LogP contribution in [0.2, 0.25) is 0 Å². The van der Waals surface area contributed by atoms with Crippen molar-refractivity contribution in [2.45, 2.75) is 6.92 Å². The number of aryl methyl sites for hydroxylation is 1. The van der Waals surface area contributed by atoms with Crippen molar-refractivity contribution < 1.29 is 0 Å². The molecular formula is C73H42N6S. The number of hydrogen-bond acceptors (Lipinski definition) is 3. The number of fused-ring (bicyclic) bond motifs is 17. The van der Waals surface area contributed by atoms with Gasteiger partial charge in [-0.3, -0.25) is 0 Å². The van der Waals surface area contributed by atoms with Gasteiger partial charge in [0.1, 0.15) is 23.3 Å². The Morgan fingerprint density at radius 3 is 1.19 bits per heavy atom. The lowest BCUT2D eigenvalue weighted by atomic mass is 9.91. The molecule has 5 aromatic heterocycles. The van der Waals surface area contributed by atoms with Crippen LogP contribution in [0.15, 0.2) is 237 Å². The van der Waals surface area contributed by atoms with E-state index in [1.54, 1.807) is 11.3 Å². The molecule has 5 heterocycles. The van der Waals surface area contributed by atoms with E-state index in [1.165, 1.54) is 21.0 Å². The smallest absolute Gasteiger partial charge is 0.104 e. The molecule has 0 radical (unpaired) electrons. The van der Waals surface area contributed by atoms with Crippen molar-refractivity contribution >= 4 is 130 Å². The minimum Gasteiger partial charge on any atom is -0.306 e. The SMILES string of the molecule is Cc1ccc2ccccc2c1-c1cccc2c1c1ccc3c4ccccc4sc3c1n2-c1c(C#N)c(-n2c3ccccc3c3ccccc32)c(-n2c3ccccc3c3ccccc32)c(C#N)c1-n1c2ccccc2c2ccccc21. The summed E-state index contributed by atoms with van der Waals surface area (Å²) >= 11 is 1.78. The van der Waals surface area contributed by atoms with Crippen LogP contribution in [0, 0.1) is 29.6 Å². The lowest BCUT2D eigenvalue weighted by molar-refractivity contribution is 1.03. The van der Waals surface area contributed by atoms with Gasteiger partial charge in [-0.2, -0.15) is 10.5 Å². The molecule has 0 aliphatic carbocycles. The van der Waals surface area contributed by atoms with E-state index in [2.05, 4.69) is 274 Å². The fourth-order valence-corrected chi connectivity index (χ4v) is 15.0. The van der Waals surface area contributed by atoms with E-state index in [9.17, 15) is 10.5 Å². The van der Waals surface area contributed by atoms with Gasteiger partial charge < -0.3 is 18.3 Å². The molecule has 0 N–H and O–H groups in total. The molecule has 0 atom stereocenters. The van der Waals surface area contributed by atoms with Crippen molar-refractivity contribution in [3.05, 3.63) is 253 Å².